The standard InChI is InChI=1S/C72H112O6/c1-4-7-10-13-16-19-22-25-27-28-29-30-31-32-33-34-35-36-37-38-39-40-41-42-43-44-45-48-50-53-56-59-62-65-71(74)77-68-69(67-76-70(73)64-61-58-55-52-49-46-24-21-18-15-12-9-6-3)78-72(75)66-63-60-57-54-51-47-26-23-20-17-14-11-8-5-2/h7,9-10,12,16,18-19,21,23,25-27,29-30,32-33,35-36,38-39,41-42,44-46,49-50,53,69H,4-6,8,11,13-15,17,20,22,24,28,31,34,37,40,43,47-48,51-52,54-68H2,1-3H3/b10-7-,12-9-,19-16-,21-18-,26-23-,27-25-,30-29-,33-32-,36-35-,39-38-,42-41-,45-44-,49-46-,53-50-. The SMILES string of the molecule is CC/C=C\C/C=C\C/C=C\C/C=C\C/C=C\C/C=C\C/C=C\C/C=C\C/C=C\C/C=C\CCCCC(=O)OCC(COC(=O)CCCCC/C=C\C/C=C\C/C=C\CC)OC(=O)CCCCCCC/C=C\CCCCCCC. The molecule has 0 aromatic rings. The molecule has 0 rings (SSSR count). The highest BCUT2D eigenvalue weighted by atomic mass is 16.6. The first-order valence-corrected chi connectivity index (χ1v) is 31.1. The Bertz CT molecular complexity index is 1810. The van der Waals surface area contributed by atoms with Crippen molar-refractivity contribution in [3.8, 4) is 0 Å². The zero-order valence-corrected chi connectivity index (χ0v) is 49.9. The summed E-state index contributed by atoms with van der Waals surface area (Å²) in [6.07, 6.45) is 95.1. The summed E-state index contributed by atoms with van der Waals surface area (Å²) in [5.41, 5.74) is 0. The van der Waals surface area contributed by atoms with Crippen molar-refractivity contribution in [3.05, 3.63) is 170 Å². The third-order valence-corrected chi connectivity index (χ3v) is 12.4. The van der Waals surface area contributed by atoms with Crippen LogP contribution in [0, 0.1) is 0 Å². The van der Waals surface area contributed by atoms with E-state index in [9.17, 15) is 14.4 Å². The second-order valence-electron chi connectivity index (χ2n) is 19.8. The van der Waals surface area contributed by atoms with Crippen LogP contribution in [0.4, 0.5) is 0 Å². The van der Waals surface area contributed by atoms with E-state index in [0.717, 1.165) is 154 Å². The monoisotopic (exact) mass is 1070 g/mol. The maximum Gasteiger partial charge on any atom is 0.306 e. The third-order valence-electron chi connectivity index (χ3n) is 12.4. The zero-order valence-electron chi connectivity index (χ0n) is 49.9. The van der Waals surface area contributed by atoms with E-state index in [4.69, 9.17) is 14.2 Å². The summed E-state index contributed by atoms with van der Waals surface area (Å²) in [5.74, 6) is -1.01. The molecule has 1 atom stereocenters. The summed E-state index contributed by atoms with van der Waals surface area (Å²) >= 11 is 0. The molecule has 0 N–H and O–H groups in total. The van der Waals surface area contributed by atoms with E-state index in [1.54, 1.807) is 0 Å². The first kappa shape index (κ1) is 72.8. The number of carbonyl (C=O) groups is 3. The van der Waals surface area contributed by atoms with E-state index in [1.165, 1.54) is 44.9 Å². The second kappa shape index (κ2) is 64.3. The highest BCUT2D eigenvalue weighted by molar-refractivity contribution is 5.71. The quantitative estimate of drug-likeness (QED) is 0.0261. The molecule has 0 fully saturated rings. The van der Waals surface area contributed by atoms with Crippen LogP contribution in [0.15, 0.2) is 170 Å². The summed E-state index contributed by atoms with van der Waals surface area (Å²) in [5, 5.41) is 0. The predicted molar refractivity (Wildman–Crippen MR) is 338 cm³/mol. The fourth-order valence-corrected chi connectivity index (χ4v) is 7.83. The molecule has 0 aliphatic rings. The largest absolute Gasteiger partial charge is 0.462 e. The summed E-state index contributed by atoms with van der Waals surface area (Å²) in [4.78, 5) is 38.2. The van der Waals surface area contributed by atoms with Crippen LogP contribution in [-0.2, 0) is 28.6 Å². The first-order chi connectivity index (χ1) is 38.5. The first-order valence-electron chi connectivity index (χ1n) is 31.1. The van der Waals surface area contributed by atoms with E-state index in [0.29, 0.717) is 19.3 Å². The molecule has 0 aromatic heterocycles. The molecule has 6 heteroatoms. The van der Waals surface area contributed by atoms with Gasteiger partial charge in [-0.1, -0.05) is 242 Å². The molecule has 0 heterocycles. The van der Waals surface area contributed by atoms with Crippen LogP contribution in [0.5, 0.6) is 0 Å². The van der Waals surface area contributed by atoms with Crippen LogP contribution in [0.2, 0.25) is 0 Å². The topological polar surface area (TPSA) is 78.9 Å². The number of carbonyl (C=O) groups excluding carboxylic acids is 3. The Balaban J connectivity index is 4.40. The maximum atomic E-state index is 12.8. The lowest BCUT2D eigenvalue weighted by Crippen LogP contribution is -2.30. The number of ether oxygens (including phenoxy) is 3. The normalized spacial score (nSPS) is 13.3. The average molecular weight is 1070 g/mol. The number of unbranched alkanes of at least 4 members (excludes halogenated alkanes) is 15. The second-order valence-corrected chi connectivity index (χ2v) is 19.8. The zero-order chi connectivity index (χ0) is 56.4. The van der Waals surface area contributed by atoms with Crippen LogP contribution in [0.3, 0.4) is 0 Å². The number of allylic oxidation sites excluding steroid dienone is 28. The van der Waals surface area contributed by atoms with Gasteiger partial charge < -0.3 is 14.2 Å². The molecule has 0 aliphatic carbocycles. The molecule has 0 aliphatic heterocycles. The van der Waals surface area contributed by atoms with Crippen molar-refractivity contribution in [2.45, 2.75) is 252 Å². The molecule has 6 nitrogen and oxygen atoms in total. The van der Waals surface area contributed by atoms with Crippen molar-refractivity contribution in [3.63, 3.8) is 0 Å². The lowest BCUT2D eigenvalue weighted by Gasteiger charge is -2.18. The van der Waals surface area contributed by atoms with Crippen LogP contribution < -0.4 is 0 Å². The molecule has 0 bridgehead atoms. The minimum atomic E-state index is -0.821. The Kier molecular flexibility index (Phi) is 60.0. The molecule has 0 radical (unpaired) electrons. The molecule has 78 heavy (non-hydrogen) atoms. The number of rotatable bonds is 54. The van der Waals surface area contributed by atoms with Crippen molar-refractivity contribution >= 4 is 17.9 Å². The van der Waals surface area contributed by atoms with E-state index in [-0.39, 0.29) is 37.5 Å². The van der Waals surface area contributed by atoms with Gasteiger partial charge in [-0.3, -0.25) is 14.4 Å². The summed E-state index contributed by atoms with van der Waals surface area (Å²) < 4.78 is 16.8. The van der Waals surface area contributed by atoms with E-state index in [1.807, 2.05) is 0 Å². The van der Waals surface area contributed by atoms with Gasteiger partial charge in [-0.05, 0) is 154 Å². The van der Waals surface area contributed by atoms with Crippen LogP contribution in [0.25, 0.3) is 0 Å². The Morgan fingerprint density at radius 3 is 0.833 bits per heavy atom. The molecule has 0 spiro atoms. The van der Waals surface area contributed by atoms with Gasteiger partial charge in [0.05, 0.1) is 0 Å². The van der Waals surface area contributed by atoms with Gasteiger partial charge in [-0.15, -0.1) is 0 Å². The fourth-order valence-electron chi connectivity index (χ4n) is 7.83. The van der Waals surface area contributed by atoms with Gasteiger partial charge in [0.15, 0.2) is 6.10 Å². The average Bonchev–Trinajstić information content (AvgIpc) is 3.44. The van der Waals surface area contributed by atoms with Crippen LogP contribution in [0.1, 0.15) is 245 Å². The molecule has 436 valence electrons. The van der Waals surface area contributed by atoms with Crippen molar-refractivity contribution in [1.82, 2.24) is 0 Å². The van der Waals surface area contributed by atoms with Gasteiger partial charge in [0.2, 0.25) is 0 Å². The molecule has 0 amide bonds. The highest BCUT2D eigenvalue weighted by Gasteiger charge is 2.19. The predicted octanol–water partition coefficient (Wildman–Crippen LogP) is 21.5. The van der Waals surface area contributed by atoms with Gasteiger partial charge in [0.25, 0.3) is 0 Å². The number of hydrogen-bond acceptors (Lipinski definition) is 6. The summed E-state index contributed by atoms with van der Waals surface area (Å²) in [6, 6.07) is 0. The van der Waals surface area contributed by atoms with Crippen molar-refractivity contribution < 1.29 is 28.6 Å². The number of hydrogen-bond donors (Lipinski definition) is 0. The van der Waals surface area contributed by atoms with Gasteiger partial charge in [-0.25, -0.2) is 0 Å². The molecular weight excluding hydrogens is 961 g/mol. The number of esters is 3. The van der Waals surface area contributed by atoms with E-state index in [2.05, 4.69) is 191 Å². The van der Waals surface area contributed by atoms with Crippen LogP contribution in [-0.4, -0.2) is 37.2 Å². The molecule has 1 unspecified atom stereocenters. The third kappa shape index (κ3) is 61.6. The highest BCUT2D eigenvalue weighted by Crippen LogP contribution is 2.13. The van der Waals surface area contributed by atoms with E-state index >= 15 is 0 Å². The Morgan fingerprint density at radius 2 is 0.500 bits per heavy atom. The molecular formula is C72H112O6. The van der Waals surface area contributed by atoms with Gasteiger partial charge in [-0.2, -0.15) is 0 Å². The van der Waals surface area contributed by atoms with Gasteiger partial charge >= 0.3 is 17.9 Å². The smallest absolute Gasteiger partial charge is 0.306 e. The van der Waals surface area contributed by atoms with E-state index < -0.39 is 6.10 Å². The van der Waals surface area contributed by atoms with Crippen molar-refractivity contribution in [2.24, 2.45) is 0 Å². The molecule has 0 saturated carbocycles. The summed E-state index contributed by atoms with van der Waals surface area (Å²) in [7, 11) is 0. The Labute approximate surface area is 479 Å². The van der Waals surface area contributed by atoms with Crippen LogP contribution >= 0.6 is 0 Å². The fraction of sp³-hybridized carbons (Fsp3) is 0.569. The lowest BCUT2D eigenvalue weighted by molar-refractivity contribution is -0.167. The van der Waals surface area contributed by atoms with Crippen molar-refractivity contribution in [2.75, 3.05) is 13.2 Å². The van der Waals surface area contributed by atoms with Crippen molar-refractivity contribution in [1.29, 1.82) is 0 Å². The minimum absolute atomic E-state index is 0.117. The maximum absolute atomic E-state index is 12.8. The van der Waals surface area contributed by atoms with Gasteiger partial charge in [0, 0.05) is 19.3 Å². The Morgan fingerprint density at radius 1 is 0.269 bits per heavy atom. The molecule has 0 aromatic carbocycles. The lowest BCUT2D eigenvalue weighted by atomic mass is 10.1. The molecule has 0 saturated heterocycles. The Hall–Kier alpha value is -5.23. The summed E-state index contributed by atoms with van der Waals surface area (Å²) in [6.45, 7) is 6.31. The van der Waals surface area contributed by atoms with Gasteiger partial charge in [0.1, 0.15) is 13.2 Å². The minimum Gasteiger partial charge on any atom is -0.462 e.